The third-order valence-electron chi connectivity index (χ3n) is 5.03. The van der Waals surface area contributed by atoms with E-state index in [2.05, 4.69) is 17.7 Å². The maximum absolute atomic E-state index is 11.0. The fourth-order valence-corrected chi connectivity index (χ4v) is 3.28. The molecule has 0 aromatic carbocycles. The second kappa shape index (κ2) is 15.2. The van der Waals surface area contributed by atoms with Crippen LogP contribution < -0.4 is 0 Å². The Morgan fingerprint density at radius 3 is 1.56 bits per heavy atom. The summed E-state index contributed by atoms with van der Waals surface area (Å²) < 4.78 is 4.32. The highest BCUT2D eigenvalue weighted by Crippen LogP contribution is 2.19. The van der Waals surface area contributed by atoms with Gasteiger partial charge in [0.15, 0.2) is 5.92 Å². The summed E-state index contributed by atoms with van der Waals surface area (Å²) in [4.78, 5) is 21.9. The van der Waals surface area contributed by atoms with Gasteiger partial charge < -0.3 is 4.74 Å². The molecule has 0 aliphatic carbocycles. The molecule has 0 N–H and O–H groups in total. The standard InChI is InChI=1S/C22H38O3/c1-2-3-4-5-6-7-8-9-10-11-12-13-14-15-16-17-18-19-20-21(23)25-22(20)24/h17-18,20H,2-16,19H2,1H3/b18-17-. The summed E-state index contributed by atoms with van der Waals surface area (Å²) in [6.45, 7) is 2.27. The van der Waals surface area contributed by atoms with E-state index in [9.17, 15) is 9.59 Å². The predicted octanol–water partition coefficient (Wildman–Crippen LogP) is 6.50. The monoisotopic (exact) mass is 350 g/mol. The molecular formula is C22H38O3. The smallest absolute Gasteiger partial charge is 0.328 e. The number of hydrogen-bond donors (Lipinski definition) is 0. The second-order valence-electron chi connectivity index (χ2n) is 7.38. The molecule has 3 nitrogen and oxygen atoms in total. The average molecular weight is 351 g/mol. The Balaban J connectivity index is 1.73. The molecule has 0 bridgehead atoms. The SMILES string of the molecule is CCCCCCCCCCCCCCCC/C=C\CC1C(=O)OC1=O. The van der Waals surface area contributed by atoms with Crippen LogP contribution in [0.1, 0.15) is 110 Å². The summed E-state index contributed by atoms with van der Waals surface area (Å²) in [5, 5.41) is 0. The van der Waals surface area contributed by atoms with Gasteiger partial charge in [0.1, 0.15) is 0 Å². The summed E-state index contributed by atoms with van der Waals surface area (Å²) >= 11 is 0. The number of cyclic esters (lactones) is 2. The van der Waals surface area contributed by atoms with Crippen molar-refractivity contribution in [3.63, 3.8) is 0 Å². The van der Waals surface area contributed by atoms with Crippen LogP contribution in [0.5, 0.6) is 0 Å². The van der Waals surface area contributed by atoms with Crippen LogP contribution in [0.3, 0.4) is 0 Å². The van der Waals surface area contributed by atoms with Gasteiger partial charge in [0.2, 0.25) is 0 Å². The quantitative estimate of drug-likeness (QED) is 0.130. The number of allylic oxidation sites excluding steroid dienone is 2. The van der Waals surface area contributed by atoms with Gasteiger partial charge in [0, 0.05) is 0 Å². The van der Waals surface area contributed by atoms with Crippen molar-refractivity contribution in [1.29, 1.82) is 0 Å². The lowest BCUT2D eigenvalue weighted by Gasteiger charge is -2.19. The van der Waals surface area contributed by atoms with Crippen molar-refractivity contribution in [2.45, 2.75) is 110 Å². The molecule has 0 spiro atoms. The van der Waals surface area contributed by atoms with E-state index in [4.69, 9.17) is 0 Å². The van der Waals surface area contributed by atoms with Gasteiger partial charge >= 0.3 is 11.9 Å². The zero-order chi connectivity index (χ0) is 18.2. The van der Waals surface area contributed by atoms with Crippen LogP contribution in [-0.4, -0.2) is 11.9 Å². The van der Waals surface area contributed by atoms with Gasteiger partial charge in [-0.1, -0.05) is 103 Å². The van der Waals surface area contributed by atoms with Crippen molar-refractivity contribution in [3.8, 4) is 0 Å². The first kappa shape index (κ1) is 21.9. The third kappa shape index (κ3) is 11.2. The van der Waals surface area contributed by atoms with Crippen molar-refractivity contribution in [2.24, 2.45) is 5.92 Å². The number of rotatable bonds is 17. The molecule has 1 aliphatic rings. The second-order valence-corrected chi connectivity index (χ2v) is 7.38. The van der Waals surface area contributed by atoms with Gasteiger partial charge in [0.05, 0.1) is 0 Å². The first-order chi connectivity index (χ1) is 12.3. The Labute approximate surface area is 154 Å². The van der Waals surface area contributed by atoms with Gasteiger partial charge in [-0.3, -0.25) is 9.59 Å². The Kier molecular flexibility index (Phi) is 13.3. The van der Waals surface area contributed by atoms with Crippen LogP contribution in [0.15, 0.2) is 12.2 Å². The fourth-order valence-electron chi connectivity index (χ4n) is 3.28. The lowest BCUT2D eigenvalue weighted by molar-refractivity contribution is -0.183. The van der Waals surface area contributed by atoms with E-state index in [1.165, 1.54) is 89.9 Å². The van der Waals surface area contributed by atoms with Crippen molar-refractivity contribution < 1.29 is 14.3 Å². The molecule has 25 heavy (non-hydrogen) atoms. The minimum atomic E-state index is -0.521. The van der Waals surface area contributed by atoms with E-state index >= 15 is 0 Å². The fraction of sp³-hybridized carbons (Fsp3) is 0.818. The Hall–Kier alpha value is -1.12. The van der Waals surface area contributed by atoms with Crippen LogP contribution in [-0.2, 0) is 14.3 Å². The molecule has 1 fully saturated rings. The Morgan fingerprint density at radius 1 is 0.680 bits per heavy atom. The Morgan fingerprint density at radius 2 is 1.12 bits per heavy atom. The summed E-state index contributed by atoms with van der Waals surface area (Å²) in [6.07, 6.45) is 24.9. The van der Waals surface area contributed by atoms with Gasteiger partial charge in [-0.25, -0.2) is 0 Å². The predicted molar refractivity (Wildman–Crippen MR) is 103 cm³/mol. The van der Waals surface area contributed by atoms with E-state index in [1.807, 2.05) is 6.08 Å². The summed E-state index contributed by atoms with van der Waals surface area (Å²) in [7, 11) is 0. The molecule has 1 saturated heterocycles. The van der Waals surface area contributed by atoms with Crippen LogP contribution in [0.25, 0.3) is 0 Å². The molecule has 1 heterocycles. The van der Waals surface area contributed by atoms with Crippen LogP contribution >= 0.6 is 0 Å². The van der Waals surface area contributed by atoms with Gasteiger partial charge in [0.25, 0.3) is 0 Å². The molecule has 0 unspecified atom stereocenters. The summed E-state index contributed by atoms with van der Waals surface area (Å²) in [5.41, 5.74) is 0. The van der Waals surface area contributed by atoms with Crippen LogP contribution in [0, 0.1) is 5.92 Å². The lowest BCUT2D eigenvalue weighted by atomic mass is 10.0. The highest BCUT2D eigenvalue weighted by atomic mass is 16.6. The van der Waals surface area contributed by atoms with Crippen molar-refractivity contribution in [1.82, 2.24) is 0 Å². The van der Waals surface area contributed by atoms with E-state index in [-0.39, 0.29) is 11.9 Å². The molecular weight excluding hydrogens is 312 g/mol. The zero-order valence-electron chi connectivity index (χ0n) is 16.3. The van der Waals surface area contributed by atoms with E-state index in [0.717, 1.165) is 6.42 Å². The van der Waals surface area contributed by atoms with Crippen molar-refractivity contribution in [2.75, 3.05) is 0 Å². The molecule has 0 aromatic heterocycles. The number of esters is 2. The number of hydrogen-bond acceptors (Lipinski definition) is 3. The van der Waals surface area contributed by atoms with E-state index in [1.54, 1.807) is 0 Å². The molecule has 0 amide bonds. The topological polar surface area (TPSA) is 43.4 Å². The molecule has 0 atom stereocenters. The average Bonchev–Trinajstić information content (AvgIpc) is 2.60. The lowest BCUT2D eigenvalue weighted by Crippen LogP contribution is -2.40. The molecule has 144 valence electrons. The number of carbonyl (C=O) groups excluding carboxylic acids is 2. The van der Waals surface area contributed by atoms with Gasteiger partial charge in [-0.15, -0.1) is 0 Å². The molecule has 0 aromatic rings. The highest BCUT2D eigenvalue weighted by Gasteiger charge is 2.40. The van der Waals surface area contributed by atoms with Gasteiger partial charge in [-0.05, 0) is 19.3 Å². The maximum Gasteiger partial charge on any atom is 0.328 e. The van der Waals surface area contributed by atoms with E-state index in [0.29, 0.717) is 6.42 Å². The molecule has 3 heteroatoms. The van der Waals surface area contributed by atoms with Gasteiger partial charge in [-0.2, -0.15) is 0 Å². The first-order valence-electron chi connectivity index (χ1n) is 10.7. The number of unbranched alkanes of at least 4 members (excludes halogenated alkanes) is 14. The minimum absolute atomic E-state index is 0.369. The molecule has 1 rings (SSSR count). The molecule has 0 radical (unpaired) electrons. The largest absolute Gasteiger partial charge is 0.392 e. The first-order valence-corrected chi connectivity index (χ1v) is 10.7. The Bertz CT molecular complexity index is 373. The summed E-state index contributed by atoms with van der Waals surface area (Å²) in [6, 6.07) is 0. The number of ether oxygens (including phenoxy) is 1. The van der Waals surface area contributed by atoms with E-state index < -0.39 is 5.92 Å². The van der Waals surface area contributed by atoms with Crippen molar-refractivity contribution in [3.05, 3.63) is 12.2 Å². The zero-order valence-corrected chi connectivity index (χ0v) is 16.3. The minimum Gasteiger partial charge on any atom is -0.392 e. The highest BCUT2D eigenvalue weighted by molar-refractivity contribution is 6.09. The van der Waals surface area contributed by atoms with Crippen LogP contribution in [0.4, 0.5) is 0 Å². The normalized spacial score (nSPS) is 14.9. The summed E-state index contributed by atoms with van der Waals surface area (Å²) in [5.74, 6) is -1.26. The van der Waals surface area contributed by atoms with Crippen molar-refractivity contribution >= 4 is 11.9 Å². The van der Waals surface area contributed by atoms with Crippen LogP contribution in [0.2, 0.25) is 0 Å². The maximum atomic E-state index is 11.0. The number of carbonyl (C=O) groups is 2. The molecule has 1 aliphatic heterocycles. The molecule has 0 saturated carbocycles. The third-order valence-corrected chi connectivity index (χ3v) is 5.03.